The average Bonchev–Trinajstić information content (AvgIpc) is 2.95. The van der Waals surface area contributed by atoms with Gasteiger partial charge in [-0.2, -0.15) is 0 Å². The molecule has 2 N–H and O–H groups in total. The van der Waals surface area contributed by atoms with Crippen LogP contribution >= 0.6 is 11.8 Å². The summed E-state index contributed by atoms with van der Waals surface area (Å²) in [5.74, 6) is 1.07. The number of nitrogens with two attached hydrogens (primary N) is 1. The lowest BCUT2D eigenvalue weighted by Crippen LogP contribution is -2.21. The fraction of sp³-hybridized carbons (Fsp3) is 0.438. The first kappa shape index (κ1) is 13.6. The van der Waals surface area contributed by atoms with Crippen molar-refractivity contribution in [3.05, 3.63) is 40.4 Å². The lowest BCUT2D eigenvalue weighted by atomic mass is 9.80. The monoisotopic (exact) mass is 288 g/mol. The minimum Gasteiger partial charge on any atom is -0.365 e. The summed E-state index contributed by atoms with van der Waals surface area (Å²) in [5.41, 5.74) is 9.67. The summed E-state index contributed by atoms with van der Waals surface area (Å²) >= 11 is 1.51. The molecule has 3 nitrogen and oxygen atoms in total. The minimum atomic E-state index is -0.334. The van der Waals surface area contributed by atoms with Gasteiger partial charge in [0.25, 0.3) is 5.91 Å². The van der Waals surface area contributed by atoms with E-state index < -0.39 is 0 Å². The SMILES string of the molecule is CC1Cc2c(N3C=C(C(N)=O)SC3)cccc2C1(C)C. The van der Waals surface area contributed by atoms with Crippen molar-refractivity contribution >= 4 is 23.4 Å². The number of fused-ring (bicyclic) bond motifs is 1. The number of anilines is 1. The quantitative estimate of drug-likeness (QED) is 0.910. The Labute approximate surface area is 124 Å². The molecule has 1 aliphatic heterocycles. The zero-order chi connectivity index (χ0) is 14.5. The number of thioether (sulfide) groups is 1. The van der Waals surface area contributed by atoms with Gasteiger partial charge in [0, 0.05) is 11.9 Å². The number of rotatable bonds is 2. The predicted molar refractivity (Wildman–Crippen MR) is 84.6 cm³/mol. The third kappa shape index (κ3) is 1.94. The number of primary amides is 1. The van der Waals surface area contributed by atoms with Gasteiger partial charge in [0.2, 0.25) is 0 Å². The Morgan fingerprint density at radius 1 is 1.45 bits per heavy atom. The smallest absolute Gasteiger partial charge is 0.256 e. The molecule has 2 aliphatic rings. The Hall–Kier alpha value is -1.42. The van der Waals surface area contributed by atoms with E-state index in [0.717, 1.165) is 12.3 Å². The molecule has 1 unspecified atom stereocenters. The van der Waals surface area contributed by atoms with Crippen LogP contribution in [-0.4, -0.2) is 11.8 Å². The van der Waals surface area contributed by atoms with Crippen LogP contribution in [0.2, 0.25) is 0 Å². The Morgan fingerprint density at radius 3 is 2.85 bits per heavy atom. The van der Waals surface area contributed by atoms with Gasteiger partial charge in [0.15, 0.2) is 0 Å². The molecule has 0 fully saturated rings. The van der Waals surface area contributed by atoms with Gasteiger partial charge in [0.05, 0.1) is 10.8 Å². The van der Waals surface area contributed by atoms with Crippen molar-refractivity contribution in [2.24, 2.45) is 11.7 Å². The highest BCUT2D eigenvalue weighted by Crippen LogP contribution is 2.47. The molecule has 1 aromatic carbocycles. The predicted octanol–water partition coefficient (Wildman–Crippen LogP) is 2.99. The molecule has 0 aromatic heterocycles. The van der Waals surface area contributed by atoms with Gasteiger partial charge in [-0.15, -0.1) is 0 Å². The molecule has 1 aliphatic carbocycles. The van der Waals surface area contributed by atoms with Crippen LogP contribution in [0, 0.1) is 5.92 Å². The summed E-state index contributed by atoms with van der Waals surface area (Å²) in [7, 11) is 0. The lowest BCUT2D eigenvalue weighted by molar-refractivity contribution is -0.113. The van der Waals surface area contributed by atoms with E-state index in [0.29, 0.717) is 10.8 Å². The van der Waals surface area contributed by atoms with Crippen molar-refractivity contribution in [1.82, 2.24) is 0 Å². The Morgan fingerprint density at radius 2 is 2.20 bits per heavy atom. The van der Waals surface area contributed by atoms with E-state index in [1.54, 1.807) is 0 Å². The molecule has 106 valence electrons. The average molecular weight is 288 g/mol. The Kier molecular flexibility index (Phi) is 3.09. The molecule has 1 amide bonds. The molecular weight excluding hydrogens is 268 g/mol. The topological polar surface area (TPSA) is 46.3 Å². The molecule has 0 saturated carbocycles. The van der Waals surface area contributed by atoms with Gasteiger partial charge >= 0.3 is 0 Å². The molecule has 3 rings (SSSR count). The van der Waals surface area contributed by atoms with Crippen molar-refractivity contribution in [3.8, 4) is 0 Å². The third-order valence-corrected chi connectivity index (χ3v) is 5.80. The second-order valence-corrected chi connectivity index (χ2v) is 7.22. The van der Waals surface area contributed by atoms with Crippen LogP contribution in [0.5, 0.6) is 0 Å². The number of carbonyl (C=O) groups excluding carboxylic acids is 1. The molecule has 0 radical (unpaired) electrons. The largest absolute Gasteiger partial charge is 0.365 e. The second kappa shape index (κ2) is 4.55. The summed E-state index contributed by atoms with van der Waals surface area (Å²) in [6, 6.07) is 6.51. The summed E-state index contributed by atoms with van der Waals surface area (Å²) in [5, 5.41) is 0. The van der Waals surface area contributed by atoms with Gasteiger partial charge in [-0.05, 0) is 34.9 Å². The van der Waals surface area contributed by atoms with Crippen molar-refractivity contribution in [2.45, 2.75) is 32.6 Å². The zero-order valence-electron chi connectivity index (χ0n) is 12.1. The van der Waals surface area contributed by atoms with Gasteiger partial charge in [-0.25, -0.2) is 0 Å². The highest BCUT2D eigenvalue weighted by atomic mass is 32.2. The molecular formula is C16H20N2OS. The van der Waals surface area contributed by atoms with Crippen LogP contribution in [0.15, 0.2) is 29.3 Å². The molecule has 4 heteroatoms. The molecule has 0 saturated heterocycles. The number of hydrogen-bond acceptors (Lipinski definition) is 3. The maximum atomic E-state index is 11.3. The van der Waals surface area contributed by atoms with Gasteiger partial charge in [-0.1, -0.05) is 44.7 Å². The van der Waals surface area contributed by atoms with Crippen molar-refractivity contribution in [3.63, 3.8) is 0 Å². The first-order valence-electron chi connectivity index (χ1n) is 6.94. The molecule has 1 heterocycles. The first-order valence-corrected chi connectivity index (χ1v) is 7.93. The highest BCUT2D eigenvalue weighted by molar-refractivity contribution is 8.04. The van der Waals surface area contributed by atoms with Crippen molar-refractivity contribution < 1.29 is 4.79 Å². The summed E-state index contributed by atoms with van der Waals surface area (Å²) in [4.78, 5) is 14.1. The number of carbonyl (C=O) groups is 1. The fourth-order valence-electron chi connectivity index (χ4n) is 3.12. The third-order valence-electron chi connectivity index (χ3n) is 4.77. The Bertz CT molecular complexity index is 606. The minimum absolute atomic E-state index is 0.217. The van der Waals surface area contributed by atoms with E-state index in [2.05, 4.69) is 43.9 Å². The van der Waals surface area contributed by atoms with Crippen LogP contribution in [0.3, 0.4) is 0 Å². The maximum absolute atomic E-state index is 11.3. The summed E-state index contributed by atoms with van der Waals surface area (Å²) < 4.78 is 0. The van der Waals surface area contributed by atoms with Crippen LogP contribution in [0.25, 0.3) is 0 Å². The number of amides is 1. The second-order valence-electron chi connectivity index (χ2n) is 6.23. The molecule has 1 aromatic rings. The van der Waals surface area contributed by atoms with E-state index in [1.807, 2.05) is 6.20 Å². The lowest BCUT2D eigenvalue weighted by Gasteiger charge is -2.25. The molecule has 20 heavy (non-hydrogen) atoms. The summed E-state index contributed by atoms with van der Waals surface area (Å²) in [6.45, 7) is 6.95. The van der Waals surface area contributed by atoms with Gasteiger partial charge in [-0.3, -0.25) is 4.79 Å². The van der Waals surface area contributed by atoms with Crippen LogP contribution in [0.1, 0.15) is 31.9 Å². The number of benzene rings is 1. The van der Waals surface area contributed by atoms with Crippen LogP contribution in [-0.2, 0) is 16.6 Å². The van der Waals surface area contributed by atoms with E-state index in [1.165, 1.54) is 28.6 Å². The van der Waals surface area contributed by atoms with Gasteiger partial charge in [0.1, 0.15) is 0 Å². The maximum Gasteiger partial charge on any atom is 0.256 e. The van der Waals surface area contributed by atoms with Gasteiger partial charge < -0.3 is 10.6 Å². The van der Waals surface area contributed by atoms with E-state index in [4.69, 9.17) is 5.73 Å². The van der Waals surface area contributed by atoms with Crippen LogP contribution in [0.4, 0.5) is 5.69 Å². The first-order chi connectivity index (χ1) is 9.41. The van der Waals surface area contributed by atoms with E-state index in [-0.39, 0.29) is 11.3 Å². The number of hydrogen-bond donors (Lipinski definition) is 1. The van der Waals surface area contributed by atoms with E-state index >= 15 is 0 Å². The highest BCUT2D eigenvalue weighted by Gasteiger charge is 2.38. The normalized spacial score (nSPS) is 23.6. The zero-order valence-corrected chi connectivity index (χ0v) is 13.0. The number of nitrogens with zero attached hydrogens (tertiary/aromatic N) is 1. The fourth-order valence-corrected chi connectivity index (χ4v) is 3.95. The standard InChI is InChI=1S/C16H20N2OS/c1-10-7-11-12(16(10,2)3)5-4-6-13(11)18-8-14(15(17)19)20-9-18/h4-6,8,10H,7,9H2,1-3H3,(H2,17,19). The van der Waals surface area contributed by atoms with Crippen molar-refractivity contribution in [2.75, 3.05) is 10.8 Å². The van der Waals surface area contributed by atoms with Crippen LogP contribution < -0.4 is 10.6 Å². The van der Waals surface area contributed by atoms with Crippen molar-refractivity contribution in [1.29, 1.82) is 0 Å². The molecule has 0 spiro atoms. The van der Waals surface area contributed by atoms with E-state index in [9.17, 15) is 4.79 Å². The molecule has 0 bridgehead atoms. The summed E-state index contributed by atoms with van der Waals surface area (Å²) in [6.07, 6.45) is 2.98. The Balaban J connectivity index is 2.03. The molecule has 1 atom stereocenters.